The van der Waals surface area contributed by atoms with Crippen LogP contribution in [0.1, 0.15) is 23.1 Å². The van der Waals surface area contributed by atoms with Crippen molar-refractivity contribution in [3.05, 3.63) is 16.4 Å². The zero-order valence-electron chi connectivity index (χ0n) is 8.00. The molecule has 5 nitrogen and oxygen atoms in total. The Labute approximate surface area is 86.6 Å². The normalized spacial score (nSPS) is 12.6. The van der Waals surface area contributed by atoms with Crippen molar-refractivity contribution in [3.8, 4) is 0 Å². The van der Waals surface area contributed by atoms with E-state index in [2.05, 4.69) is 14.9 Å². The number of ether oxygens (including phenoxy) is 1. The van der Waals surface area contributed by atoms with Crippen LogP contribution in [-0.4, -0.2) is 29.3 Å². The van der Waals surface area contributed by atoms with Crippen molar-refractivity contribution in [1.82, 2.24) is 10.2 Å². The van der Waals surface area contributed by atoms with Crippen LogP contribution in [0.15, 0.2) is 0 Å². The summed E-state index contributed by atoms with van der Waals surface area (Å²) >= 11 is 5.89. The number of carbonyl (C=O) groups excluding carboxylic acids is 1. The van der Waals surface area contributed by atoms with E-state index in [0.29, 0.717) is 12.1 Å². The van der Waals surface area contributed by atoms with Crippen LogP contribution in [-0.2, 0) is 11.2 Å². The average molecular weight is 218 g/mol. The average Bonchev–Trinajstić information content (AvgIpc) is 2.46. The van der Waals surface area contributed by atoms with Crippen LogP contribution in [0.25, 0.3) is 0 Å². The quantitative estimate of drug-likeness (QED) is 0.732. The third-order valence-electron chi connectivity index (χ3n) is 1.68. The topological polar surface area (TPSA) is 81.0 Å². The lowest BCUT2D eigenvalue weighted by Crippen LogP contribution is -2.18. The molecule has 0 amide bonds. The number of methoxy groups -OCH3 is 1. The van der Waals surface area contributed by atoms with Crippen LogP contribution >= 0.6 is 11.6 Å². The number of esters is 1. The maximum absolute atomic E-state index is 11.1. The van der Waals surface area contributed by atoms with E-state index in [4.69, 9.17) is 17.3 Å². The van der Waals surface area contributed by atoms with Gasteiger partial charge in [-0.1, -0.05) is 11.6 Å². The lowest BCUT2D eigenvalue weighted by molar-refractivity contribution is 0.0594. The first-order valence-corrected chi connectivity index (χ1v) is 4.50. The summed E-state index contributed by atoms with van der Waals surface area (Å²) in [4.78, 5) is 11.1. The molecule has 0 radical (unpaired) electrons. The number of aromatic nitrogens is 2. The number of rotatable bonds is 3. The number of H-pyrrole nitrogens is 1. The highest BCUT2D eigenvalue weighted by Crippen LogP contribution is 2.19. The Morgan fingerprint density at radius 1 is 1.79 bits per heavy atom. The van der Waals surface area contributed by atoms with Crippen molar-refractivity contribution in [1.29, 1.82) is 0 Å². The highest BCUT2D eigenvalue weighted by molar-refractivity contribution is 6.33. The molecule has 1 heterocycles. The standard InChI is InChI=1S/C8H12ClN3O2/c1-4(10)3-5-6(9)7(12-11-5)8(13)14-2/h4H,3,10H2,1-2H3,(H,11,12). The molecule has 6 heteroatoms. The monoisotopic (exact) mass is 217 g/mol. The molecule has 0 aromatic carbocycles. The Balaban J connectivity index is 2.90. The molecular formula is C8H12ClN3O2. The number of hydrogen-bond donors (Lipinski definition) is 2. The minimum absolute atomic E-state index is 0.0431. The third kappa shape index (κ3) is 2.24. The van der Waals surface area contributed by atoms with E-state index in [0.717, 1.165) is 0 Å². The van der Waals surface area contributed by atoms with E-state index in [9.17, 15) is 4.79 Å². The fourth-order valence-corrected chi connectivity index (χ4v) is 1.29. The van der Waals surface area contributed by atoms with Crippen molar-refractivity contribution in [2.45, 2.75) is 19.4 Å². The minimum Gasteiger partial charge on any atom is -0.464 e. The molecule has 1 aromatic rings. The van der Waals surface area contributed by atoms with Gasteiger partial charge in [-0.3, -0.25) is 5.10 Å². The van der Waals surface area contributed by atoms with Gasteiger partial charge < -0.3 is 10.5 Å². The predicted octanol–water partition coefficient (Wildman–Crippen LogP) is 0.739. The first-order chi connectivity index (χ1) is 6.56. The molecule has 0 bridgehead atoms. The molecule has 0 spiro atoms. The maximum atomic E-state index is 11.1. The number of nitrogens with one attached hydrogen (secondary N) is 1. The summed E-state index contributed by atoms with van der Waals surface area (Å²) < 4.78 is 4.50. The van der Waals surface area contributed by atoms with E-state index in [1.807, 2.05) is 6.92 Å². The molecule has 0 aliphatic carbocycles. The Hall–Kier alpha value is -1.07. The smallest absolute Gasteiger partial charge is 0.360 e. The van der Waals surface area contributed by atoms with E-state index in [1.54, 1.807) is 0 Å². The van der Waals surface area contributed by atoms with Crippen LogP contribution in [0.5, 0.6) is 0 Å². The van der Waals surface area contributed by atoms with Crippen LogP contribution in [0.3, 0.4) is 0 Å². The molecule has 1 atom stereocenters. The van der Waals surface area contributed by atoms with Gasteiger partial charge >= 0.3 is 5.97 Å². The molecule has 0 saturated heterocycles. The predicted molar refractivity (Wildman–Crippen MR) is 52.3 cm³/mol. The number of aromatic amines is 1. The van der Waals surface area contributed by atoms with Crippen LogP contribution < -0.4 is 5.73 Å². The van der Waals surface area contributed by atoms with E-state index >= 15 is 0 Å². The highest BCUT2D eigenvalue weighted by atomic mass is 35.5. The number of nitrogens with two attached hydrogens (primary N) is 1. The van der Waals surface area contributed by atoms with Crippen LogP contribution in [0.4, 0.5) is 0 Å². The number of nitrogens with zero attached hydrogens (tertiary/aromatic N) is 1. The van der Waals surface area contributed by atoms with Gasteiger partial charge in [-0.05, 0) is 6.92 Å². The Morgan fingerprint density at radius 2 is 2.43 bits per heavy atom. The summed E-state index contributed by atoms with van der Waals surface area (Å²) in [5, 5.41) is 6.70. The molecule has 1 unspecified atom stereocenters. The van der Waals surface area contributed by atoms with Gasteiger partial charge in [0.1, 0.15) is 0 Å². The van der Waals surface area contributed by atoms with Crippen LogP contribution in [0, 0.1) is 0 Å². The summed E-state index contributed by atoms with van der Waals surface area (Å²) in [6, 6.07) is -0.0431. The summed E-state index contributed by atoms with van der Waals surface area (Å²) in [6.07, 6.45) is 0.544. The lowest BCUT2D eigenvalue weighted by atomic mass is 10.2. The van der Waals surface area contributed by atoms with Crippen LogP contribution in [0.2, 0.25) is 5.02 Å². The van der Waals surface area contributed by atoms with E-state index < -0.39 is 5.97 Å². The summed E-state index contributed by atoms with van der Waals surface area (Å²) in [5.74, 6) is -0.554. The van der Waals surface area contributed by atoms with Gasteiger partial charge in [-0.15, -0.1) is 0 Å². The van der Waals surface area contributed by atoms with Crippen molar-refractivity contribution in [2.24, 2.45) is 5.73 Å². The summed E-state index contributed by atoms with van der Waals surface area (Å²) in [6.45, 7) is 1.84. The summed E-state index contributed by atoms with van der Waals surface area (Å²) in [5.41, 5.74) is 6.34. The van der Waals surface area contributed by atoms with Crippen molar-refractivity contribution < 1.29 is 9.53 Å². The highest BCUT2D eigenvalue weighted by Gasteiger charge is 2.18. The summed E-state index contributed by atoms with van der Waals surface area (Å²) in [7, 11) is 1.28. The molecule has 78 valence electrons. The number of halogens is 1. The Morgan fingerprint density at radius 3 is 2.93 bits per heavy atom. The first kappa shape index (κ1) is 11.0. The second-order valence-electron chi connectivity index (χ2n) is 3.04. The largest absolute Gasteiger partial charge is 0.464 e. The van der Waals surface area contributed by atoms with Crippen molar-refractivity contribution in [2.75, 3.05) is 7.11 Å². The fourth-order valence-electron chi connectivity index (χ4n) is 1.05. The van der Waals surface area contributed by atoms with Gasteiger partial charge in [0, 0.05) is 12.5 Å². The maximum Gasteiger partial charge on any atom is 0.360 e. The molecule has 1 rings (SSSR count). The zero-order valence-corrected chi connectivity index (χ0v) is 8.76. The van der Waals surface area contributed by atoms with Gasteiger partial charge in [0.2, 0.25) is 0 Å². The van der Waals surface area contributed by atoms with Gasteiger partial charge in [0.15, 0.2) is 5.69 Å². The molecule has 14 heavy (non-hydrogen) atoms. The fraction of sp³-hybridized carbons (Fsp3) is 0.500. The lowest BCUT2D eigenvalue weighted by Gasteiger charge is -2.01. The van der Waals surface area contributed by atoms with Gasteiger partial charge in [-0.25, -0.2) is 4.79 Å². The number of carbonyl (C=O) groups is 1. The second-order valence-corrected chi connectivity index (χ2v) is 3.42. The molecule has 0 aliphatic heterocycles. The van der Waals surface area contributed by atoms with Gasteiger partial charge in [-0.2, -0.15) is 5.10 Å². The van der Waals surface area contributed by atoms with Gasteiger partial charge in [0.25, 0.3) is 0 Å². The molecular weight excluding hydrogens is 206 g/mol. The molecule has 0 aliphatic rings. The second kappa shape index (κ2) is 4.43. The van der Waals surface area contributed by atoms with E-state index in [-0.39, 0.29) is 16.8 Å². The molecule has 0 fully saturated rings. The van der Waals surface area contributed by atoms with E-state index in [1.165, 1.54) is 7.11 Å². The third-order valence-corrected chi connectivity index (χ3v) is 2.09. The Kier molecular flexibility index (Phi) is 3.49. The van der Waals surface area contributed by atoms with Gasteiger partial charge in [0.05, 0.1) is 17.8 Å². The zero-order chi connectivity index (χ0) is 10.7. The molecule has 3 N–H and O–H groups in total. The SMILES string of the molecule is COC(=O)c1n[nH]c(CC(C)N)c1Cl. The first-order valence-electron chi connectivity index (χ1n) is 4.13. The number of hydrogen-bond acceptors (Lipinski definition) is 4. The van der Waals surface area contributed by atoms with Crippen molar-refractivity contribution in [3.63, 3.8) is 0 Å². The molecule has 1 aromatic heterocycles. The Bertz CT molecular complexity index is 335. The molecule has 0 saturated carbocycles. The van der Waals surface area contributed by atoms with Crippen molar-refractivity contribution >= 4 is 17.6 Å². The minimum atomic E-state index is -0.554.